The van der Waals surface area contributed by atoms with Crippen LogP contribution in [0.1, 0.15) is 73.6 Å². The molecule has 0 aliphatic heterocycles. The number of aromatic hydroxyl groups is 1. The Balaban J connectivity index is 1.85. The number of aryl methyl sites for hydroxylation is 2. The maximum absolute atomic E-state index is 12.3. The first-order chi connectivity index (χ1) is 15.4. The Morgan fingerprint density at radius 3 is 2.34 bits per heavy atom. The Morgan fingerprint density at radius 2 is 1.72 bits per heavy atom. The third kappa shape index (κ3) is 3.55. The molecular weight excluding hydrogens is 408 g/mol. The van der Waals surface area contributed by atoms with Crippen molar-refractivity contribution in [1.82, 2.24) is 0 Å². The molecule has 0 saturated heterocycles. The second kappa shape index (κ2) is 8.73. The summed E-state index contributed by atoms with van der Waals surface area (Å²) in [6.45, 7) is 3.85. The predicted molar refractivity (Wildman–Crippen MR) is 121 cm³/mol. The number of benzene rings is 3. The average molecular weight is 434 g/mol. The van der Waals surface area contributed by atoms with Gasteiger partial charge in [-0.2, -0.15) is 0 Å². The molecule has 32 heavy (non-hydrogen) atoms. The van der Waals surface area contributed by atoms with Crippen molar-refractivity contribution in [1.29, 1.82) is 0 Å². The van der Waals surface area contributed by atoms with E-state index in [1.807, 2.05) is 24.3 Å². The molecule has 1 aliphatic carbocycles. The number of fused-ring (bicyclic) bond motifs is 2. The number of phenols is 1. The van der Waals surface area contributed by atoms with Gasteiger partial charge in [-0.25, -0.2) is 0 Å². The van der Waals surface area contributed by atoms with Gasteiger partial charge in [0.15, 0.2) is 12.6 Å². The number of rotatable bonds is 6. The van der Waals surface area contributed by atoms with Crippen molar-refractivity contribution in [3.63, 3.8) is 0 Å². The van der Waals surface area contributed by atoms with Crippen molar-refractivity contribution in [2.24, 2.45) is 0 Å². The smallest absolute Gasteiger partial charge is 0.151 e. The van der Waals surface area contributed by atoms with Gasteiger partial charge in [-0.3, -0.25) is 9.59 Å². The van der Waals surface area contributed by atoms with Crippen LogP contribution in [0.5, 0.6) is 11.5 Å². The number of hydrogen-bond acceptors (Lipinski definition) is 6. The number of aliphatic hydroxyl groups is 1. The van der Waals surface area contributed by atoms with E-state index in [1.54, 1.807) is 27.0 Å². The molecule has 2 N–H and O–H groups in total. The zero-order valence-corrected chi connectivity index (χ0v) is 18.3. The highest BCUT2D eigenvalue weighted by molar-refractivity contribution is 6.07. The fourth-order valence-electron chi connectivity index (χ4n) is 4.74. The highest BCUT2D eigenvalue weighted by Crippen LogP contribution is 2.49. The zero-order chi connectivity index (χ0) is 23.0. The Morgan fingerprint density at radius 1 is 1.03 bits per heavy atom. The van der Waals surface area contributed by atoms with Gasteiger partial charge in [0.2, 0.25) is 0 Å². The number of phenolic OH excluding ortho intramolecular Hbond substituents is 1. The standard InChI is InChI=1S/C26H26O6/c1-14-10-18-20(12-28)24-22(32-13-16-4-6-17(31-3)7-5-16)9-8-21(29)25(24)26(30)23(18)15(2)19(14)11-27/h4-7,10-12,21-22,29-30H,8-9,13H2,1-3H3/t21?,22-/m0/s1. The summed E-state index contributed by atoms with van der Waals surface area (Å²) in [5.74, 6) is 0.659. The van der Waals surface area contributed by atoms with Gasteiger partial charge in [0, 0.05) is 27.6 Å². The molecule has 1 aliphatic rings. The average Bonchev–Trinajstić information content (AvgIpc) is 2.79. The van der Waals surface area contributed by atoms with E-state index in [9.17, 15) is 19.8 Å². The second-order valence-electron chi connectivity index (χ2n) is 8.22. The Bertz CT molecular complexity index is 1200. The molecule has 3 aromatic rings. The van der Waals surface area contributed by atoms with Gasteiger partial charge < -0.3 is 19.7 Å². The van der Waals surface area contributed by atoms with Gasteiger partial charge >= 0.3 is 0 Å². The van der Waals surface area contributed by atoms with Crippen LogP contribution in [0.2, 0.25) is 0 Å². The molecule has 2 atom stereocenters. The molecule has 6 nitrogen and oxygen atoms in total. The lowest BCUT2D eigenvalue weighted by Crippen LogP contribution is -2.20. The number of aldehydes is 2. The molecule has 166 valence electrons. The van der Waals surface area contributed by atoms with E-state index in [0.29, 0.717) is 58.0 Å². The minimum Gasteiger partial charge on any atom is -0.507 e. The largest absolute Gasteiger partial charge is 0.507 e. The van der Waals surface area contributed by atoms with E-state index in [2.05, 4.69) is 0 Å². The summed E-state index contributed by atoms with van der Waals surface area (Å²) in [6, 6.07) is 9.26. The number of aliphatic hydroxyl groups excluding tert-OH is 1. The summed E-state index contributed by atoms with van der Waals surface area (Å²) in [6.07, 6.45) is 1.03. The number of hydrogen-bond donors (Lipinski definition) is 2. The third-order valence-corrected chi connectivity index (χ3v) is 6.40. The summed E-state index contributed by atoms with van der Waals surface area (Å²) in [5.41, 5.74) is 3.95. The molecule has 0 saturated carbocycles. The van der Waals surface area contributed by atoms with Crippen LogP contribution >= 0.6 is 0 Å². The summed E-state index contributed by atoms with van der Waals surface area (Å²) in [7, 11) is 1.61. The second-order valence-corrected chi connectivity index (χ2v) is 8.22. The summed E-state index contributed by atoms with van der Waals surface area (Å²) >= 11 is 0. The van der Waals surface area contributed by atoms with Gasteiger partial charge in [-0.05, 0) is 67.0 Å². The van der Waals surface area contributed by atoms with Crippen molar-refractivity contribution in [2.75, 3.05) is 7.11 Å². The van der Waals surface area contributed by atoms with E-state index >= 15 is 0 Å². The van der Waals surface area contributed by atoms with Crippen LogP contribution in [0.15, 0.2) is 30.3 Å². The monoisotopic (exact) mass is 434 g/mol. The topological polar surface area (TPSA) is 93.1 Å². The first-order valence-corrected chi connectivity index (χ1v) is 10.6. The minimum atomic E-state index is -0.922. The number of carbonyl (C=O) groups is 2. The highest BCUT2D eigenvalue weighted by Gasteiger charge is 2.34. The first-order valence-electron chi connectivity index (χ1n) is 10.6. The van der Waals surface area contributed by atoms with Crippen LogP contribution in [0, 0.1) is 13.8 Å². The summed E-state index contributed by atoms with van der Waals surface area (Å²) in [5, 5.41) is 22.9. The number of carbonyl (C=O) groups excluding carboxylic acids is 2. The lowest BCUT2D eigenvalue weighted by molar-refractivity contribution is 0.00872. The summed E-state index contributed by atoms with van der Waals surface area (Å²) < 4.78 is 11.4. The Labute approximate surface area is 186 Å². The molecular formula is C26H26O6. The maximum atomic E-state index is 12.3. The van der Waals surface area contributed by atoms with E-state index in [0.717, 1.165) is 29.4 Å². The zero-order valence-electron chi connectivity index (χ0n) is 18.3. The van der Waals surface area contributed by atoms with E-state index < -0.39 is 12.2 Å². The molecule has 3 aromatic carbocycles. The Kier molecular flexibility index (Phi) is 6.00. The quantitative estimate of drug-likeness (QED) is 0.537. The van der Waals surface area contributed by atoms with Crippen molar-refractivity contribution in [3.8, 4) is 11.5 Å². The molecule has 0 aromatic heterocycles. The molecule has 1 unspecified atom stereocenters. The fourth-order valence-corrected chi connectivity index (χ4v) is 4.74. The van der Waals surface area contributed by atoms with Crippen LogP contribution in [0.4, 0.5) is 0 Å². The lowest BCUT2D eigenvalue weighted by atomic mass is 9.79. The van der Waals surface area contributed by atoms with Gasteiger partial charge in [0.1, 0.15) is 11.5 Å². The van der Waals surface area contributed by atoms with Crippen LogP contribution in [-0.4, -0.2) is 29.9 Å². The Hall–Kier alpha value is -3.22. The van der Waals surface area contributed by atoms with Gasteiger partial charge in [0.05, 0.1) is 25.9 Å². The van der Waals surface area contributed by atoms with Crippen LogP contribution in [-0.2, 0) is 11.3 Å². The van der Waals surface area contributed by atoms with Crippen molar-refractivity contribution < 1.29 is 29.3 Å². The van der Waals surface area contributed by atoms with Crippen LogP contribution in [0.3, 0.4) is 0 Å². The maximum Gasteiger partial charge on any atom is 0.151 e. The molecule has 0 radical (unpaired) electrons. The fraction of sp³-hybridized carbons (Fsp3) is 0.308. The highest BCUT2D eigenvalue weighted by atomic mass is 16.5. The molecule has 0 bridgehead atoms. The molecule has 6 heteroatoms. The predicted octanol–water partition coefficient (Wildman–Crippen LogP) is 4.88. The first kappa shape index (κ1) is 22.0. The van der Waals surface area contributed by atoms with Crippen molar-refractivity contribution in [2.45, 2.75) is 45.5 Å². The molecule has 4 rings (SSSR count). The van der Waals surface area contributed by atoms with E-state index in [4.69, 9.17) is 9.47 Å². The van der Waals surface area contributed by atoms with Gasteiger partial charge in [-0.15, -0.1) is 0 Å². The SMILES string of the molecule is COc1ccc(CO[C@H]2CCC(O)c3c2c(C=O)c2cc(C)c(C=O)c(C)c2c3O)cc1. The van der Waals surface area contributed by atoms with E-state index in [1.165, 1.54) is 0 Å². The minimum absolute atomic E-state index is 0.0913. The normalized spacial score (nSPS) is 17.8. The van der Waals surface area contributed by atoms with Gasteiger partial charge in [0.25, 0.3) is 0 Å². The van der Waals surface area contributed by atoms with Crippen molar-refractivity contribution >= 4 is 23.3 Å². The van der Waals surface area contributed by atoms with E-state index in [-0.39, 0.29) is 5.75 Å². The van der Waals surface area contributed by atoms with Crippen molar-refractivity contribution in [3.05, 3.63) is 69.3 Å². The van der Waals surface area contributed by atoms with Gasteiger partial charge in [-0.1, -0.05) is 12.1 Å². The lowest BCUT2D eigenvalue weighted by Gasteiger charge is -2.32. The van der Waals surface area contributed by atoms with Crippen LogP contribution < -0.4 is 4.74 Å². The molecule has 0 amide bonds. The van der Waals surface area contributed by atoms with Crippen LogP contribution in [0.25, 0.3) is 10.8 Å². The molecule has 0 heterocycles. The number of ether oxygens (including phenoxy) is 2. The summed E-state index contributed by atoms with van der Waals surface area (Å²) in [4.78, 5) is 23.9. The molecule has 0 fully saturated rings. The molecule has 0 spiro atoms. The number of methoxy groups -OCH3 is 1. The third-order valence-electron chi connectivity index (χ3n) is 6.40.